The summed E-state index contributed by atoms with van der Waals surface area (Å²) < 4.78 is 3.59. The molecule has 0 aromatic heterocycles. The van der Waals surface area contributed by atoms with Crippen LogP contribution >= 0.6 is 24.8 Å². The van der Waals surface area contributed by atoms with Gasteiger partial charge in [-0.05, 0) is 0 Å². The zero-order chi connectivity index (χ0) is 29.8. The van der Waals surface area contributed by atoms with Crippen molar-refractivity contribution in [3.8, 4) is 11.1 Å². The number of fused-ring (bicyclic) bond motifs is 3. The summed E-state index contributed by atoms with van der Waals surface area (Å²) in [5, 5.41) is 3.17. The van der Waals surface area contributed by atoms with Gasteiger partial charge >= 0.3 is 263 Å². The molecule has 2 aliphatic carbocycles. The molecule has 4 aromatic carbocycles. The third-order valence-electron chi connectivity index (χ3n) is 9.14. The molecule has 0 unspecified atom stereocenters. The molecular formula is C40H46Cl2HfSi. The Labute approximate surface area is 286 Å². The third kappa shape index (κ3) is 6.48. The van der Waals surface area contributed by atoms with Gasteiger partial charge in [0.25, 0.3) is 0 Å². The van der Waals surface area contributed by atoms with Crippen molar-refractivity contribution in [2.24, 2.45) is 0 Å². The zero-order valence-corrected chi connectivity index (χ0v) is 33.7. The average Bonchev–Trinajstić information content (AvgIpc) is 3.59. The van der Waals surface area contributed by atoms with E-state index in [1.165, 1.54) is 27.8 Å². The van der Waals surface area contributed by atoms with Crippen LogP contribution in [0.15, 0.2) is 100 Å². The number of rotatable bonds is 4. The Hall–Kier alpha value is -1.97. The van der Waals surface area contributed by atoms with Crippen LogP contribution in [0.3, 0.4) is 0 Å². The van der Waals surface area contributed by atoms with Crippen molar-refractivity contribution < 1.29 is 20.1 Å². The van der Waals surface area contributed by atoms with Crippen molar-refractivity contribution in [1.29, 1.82) is 0 Å². The minimum absolute atomic E-state index is 0. The Morgan fingerprint density at radius 1 is 0.682 bits per heavy atom. The van der Waals surface area contributed by atoms with Crippen molar-refractivity contribution >= 4 is 44.0 Å². The van der Waals surface area contributed by atoms with Gasteiger partial charge in [-0.1, -0.05) is 0 Å². The Morgan fingerprint density at radius 3 is 1.73 bits per heavy atom. The summed E-state index contributed by atoms with van der Waals surface area (Å²) in [6.45, 7) is 19.1. The van der Waals surface area contributed by atoms with Gasteiger partial charge < -0.3 is 0 Å². The SMILES string of the molecule is Cc1cc2c(cc1C(C)(C)C)-c1cc(C(C)(C)C)c(C)[c]([Hf]([C]3=CC=CC3)=[Si](c3ccccc3)c3ccccc3)c1C2.Cl.Cl. The van der Waals surface area contributed by atoms with Crippen molar-refractivity contribution in [2.45, 2.75) is 79.1 Å². The monoisotopic (exact) mass is 804 g/mol. The second-order valence-corrected chi connectivity index (χ2v) is 32.4. The first kappa shape index (κ1) is 34.9. The summed E-state index contributed by atoms with van der Waals surface area (Å²) in [6, 6.07) is 30.9. The Bertz CT molecular complexity index is 1740. The smallest absolute Gasteiger partial charge is 0.147 e. The Morgan fingerprint density at radius 2 is 1.23 bits per heavy atom. The molecule has 0 nitrogen and oxygen atoms in total. The fourth-order valence-corrected chi connectivity index (χ4v) is 37.0. The average molecular weight is 804 g/mol. The van der Waals surface area contributed by atoms with E-state index in [1.807, 2.05) is 3.32 Å². The predicted octanol–water partition coefficient (Wildman–Crippen LogP) is 9.21. The largest absolute Gasteiger partial charge is 0.147 e. The first-order chi connectivity index (χ1) is 19.9. The number of halogens is 2. The summed E-state index contributed by atoms with van der Waals surface area (Å²) in [7, 11) is 0. The Kier molecular flexibility index (Phi) is 10.6. The van der Waals surface area contributed by atoms with Gasteiger partial charge in [-0.15, -0.1) is 24.8 Å². The molecule has 2 aliphatic rings. The maximum atomic E-state index is 2.60. The van der Waals surface area contributed by atoms with E-state index in [1.54, 1.807) is 30.4 Å². The van der Waals surface area contributed by atoms with Crippen LogP contribution < -0.4 is 13.7 Å². The van der Waals surface area contributed by atoms with E-state index < -0.39 is 25.6 Å². The van der Waals surface area contributed by atoms with Crippen LogP contribution in [0.2, 0.25) is 0 Å². The van der Waals surface area contributed by atoms with Crippen LogP contribution in [-0.4, -0.2) is 5.49 Å². The Balaban J connectivity index is 0.00000221. The molecule has 0 radical (unpaired) electrons. The summed E-state index contributed by atoms with van der Waals surface area (Å²) >= 11 is -2.77. The minimum Gasteiger partial charge on any atom is -0.147 e. The second kappa shape index (κ2) is 13.4. The van der Waals surface area contributed by atoms with Crippen molar-refractivity contribution in [3.63, 3.8) is 0 Å². The van der Waals surface area contributed by atoms with Gasteiger partial charge in [0, 0.05) is 0 Å². The zero-order valence-electron chi connectivity index (χ0n) is 27.5. The fraction of sp³-hybridized carbons (Fsp3) is 0.300. The standard InChI is InChI=1S/C23H29.C12H10Si.C5H5.2ClH.Hf/c1-14-9-16-11-17-10-15(2)21(23(6,7)8)13-19(17)18(16)12-20(14)22(3,4)5;1-3-7-11(8-4-1)13-12-9-5-2-6-10-12;1-2-4-5-3-1;;;/h9,12-13H,11H2,1-8H3;1-10H;1-3H,4H2;2*1H;. The van der Waals surface area contributed by atoms with Gasteiger partial charge in [0.15, 0.2) is 0 Å². The molecule has 4 aromatic rings. The van der Waals surface area contributed by atoms with Crippen molar-refractivity contribution in [1.82, 2.24) is 0 Å². The van der Waals surface area contributed by atoms with Crippen LogP contribution in [0.1, 0.15) is 81.3 Å². The summed E-state index contributed by atoms with van der Waals surface area (Å²) in [4.78, 5) is 0. The maximum absolute atomic E-state index is 2.77. The van der Waals surface area contributed by atoms with Gasteiger partial charge in [0.2, 0.25) is 0 Å². The first-order valence-electron chi connectivity index (χ1n) is 15.5. The topological polar surface area (TPSA) is 0 Å². The molecule has 0 heterocycles. The minimum atomic E-state index is -2.77. The maximum Gasteiger partial charge on any atom is -0.147 e. The summed E-state index contributed by atoms with van der Waals surface area (Å²) in [5.41, 5.74) is 11.5. The molecule has 6 rings (SSSR count). The molecule has 0 atom stereocenters. The summed E-state index contributed by atoms with van der Waals surface area (Å²) in [5.74, 6) is 0. The molecular weight excluding hydrogens is 758 g/mol. The molecule has 0 bridgehead atoms. The van der Waals surface area contributed by atoms with Crippen LogP contribution in [0.4, 0.5) is 0 Å². The molecule has 0 aliphatic heterocycles. The van der Waals surface area contributed by atoms with Crippen molar-refractivity contribution in [3.05, 3.63) is 134 Å². The molecule has 4 heteroatoms. The molecule has 0 saturated heterocycles. The van der Waals surface area contributed by atoms with Gasteiger partial charge in [-0.2, -0.15) is 0 Å². The molecule has 0 N–H and O–H groups in total. The number of allylic oxidation sites excluding steroid dienone is 4. The number of aryl methyl sites for hydroxylation is 1. The first-order valence-corrected chi connectivity index (χ1v) is 26.0. The normalized spacial score (nSPS) is 13.4. The number of benzene rings is 4. The van der Waals surface area contributed by atoms with Gasteiger partial charge in [-0.25, -0.2) is 0 Å². The molecule has 0 fully saturated rings. The third-order valence-corrected chi connectivity index (χ3v) is 35.6. The molecule has 0 amide bonds. The van der Waals surface area contributed by atoms with E-state index in [9.17, 15) is 0 Å². The van der Waals surface area contributed by atoms with Crippen LogP contribution in [0.25, 0.3) is 11.1 Å². The van der Waals surface area contributed by atoms with Gasteiger partial charge in [0.05, 0.1) is 0 Å². The molecule has 44 heavy (non-hydrogen) atoms. The molecule has 0 spiro atoms. The van der Waals surface area contributed by atoms with E-state index in [4.69, 9.17) is 0 Å². The second-order valence-electron chi connectivity index (χ2n) is 14.3. The quantitative estimate of drug-likeness (QED) is 0.159. The van der Waals surface area contributed by atoms with E-state index >= 15 is 0 Å². The van der Waals surface area contributed by atoms with Gasteiger partial charge in [0.1, 0.15) is 0 Å². The molecule has 0 saturated carbocycles. The summed E-state index contributed by atoms with van der Waals surface area (Å²) in [6.07, 6.45) is 9.48. The van der Waals surface area contributed by atoms with E-state index in [0.717, 1.165) is 12.8 Å². The van der Waals surface area contributed by atoms with E-state index in [-0.39, 0.29) is 35.6 Å². The fourth-order valence-electron chi connectivity index (χ4n) is 7.28. The number of hydrogen-bond donors (Lipinski definition) is 0. The van der Waals surface area contributed by atoms with Crippen LogP contribution in [0.5, 0.6) is 0 Å². The van der Waals surface area contributed by atoms with Crippen LogP contribution in [0, 0.1) is 13.8 Å². The van der Waals surface area contributed by atoms with Crippen LogP contribution in [-0.2, 0) is 37.3 Å². The van der Waals surface area contributed by atoms with E-state index in [2.05, 4.69) is 152 Å². The molecule has 228 valence electrons. The number of hydrogen-bond acceptors (Lipinski definition) is 0. The van der Waals surface area contributed by atoms with Crippen molar-refractivity contribution in [2.75, 3.05) is 0 Å². The van der Waals surface area contributed by atoms with Gasteiger partial charge in [-0.3, -0.25) is 0 Å². The predicted molar refractivity (Wildman–Crippen MR) is 195 cm³/mol. The van der Waals surface area contributed by atoms with E-state index in [0.29, 0.717) is 0 Å².